The molecule has 2 heteroatoms. The van der Waals surface area contributed by atoms with Gasteiger partial charge in [-0.3, -0.25) is 4.79 Å². The average molecular weight is 209 g/mol. The molecule has 2 nitrogen and oxygen atoms in total. The van der Waals surface area contributed by atoms with Gasteiger partial charge in [0.2, 0.25) is 0 Å². The summed E-state index contributed by atoms with van der Waals surface area (Å²) in [5.41, 5.74) is 0. The van der Waals surface area contributed by atoms with Gasteiger partial charge in [0.15, 0.2) is 0 Å². The molecule has 0 radical (unpaired) electrons. The van der Waals surface area contributed by atoms with E-state index in [4.69, 9.17) is 0 Å². The molecule has 0 bridgehead atoms. The van der Waals surface area contributed by atoms with Crippen LogP contribution < -0.4 is 5.32 Å². The molecule has 1 heterocycles. The molecular formula is C13H23NO. The lowest BCUT2D eigenvalue weighted by molar-refractivity contribution is -0.129. The van der Waals surface area contributed by atoms with Gasteiger partial charge in [0, 0.05) is 11.8 Å². The highest BCUT2D eigenvalue weighted by atomic mass is 16.1. The van der Waals surface area contributed by atoms with Crippen molar-refractivity contribution >= 4 is 5.78 Å². The summed E-state index contributed by atoms with van der Waals surface area (Å²) in [4.78, 5) is 12.3. The summed E-state index contributed by atoms with van der Waals surface area (Å²) in [5, 5.41) is 3.26. The molecule has 2 rings (SSSR count). The second-order valence-electron chi connectivity index (χ2n) is 5.30. The van der Waals surface area contributed by atoms with E-state index in [-0.39, 0.29) is 0 Å². The van der Waals surface area contributed by atoms with Crippen LogP contribution in [0.5, 0.6) is 0 Å². The minimum atomic E-state index is 0.300. The van der Waals surface area contributed by atoms with Crippen LogP contribution in [-0.2, 0) is 4.79 Å². The van der Waals surface area contributed by atoms with E-state index in [1.807, 2.05) is 0 Å². The Morgan fingerprint density at radius 3 is 2.20 bits per heavy atom. The van der Waals surface area contributed by atoms with Crippen molar-refractivity contribution in [2.45, 2.75) is 45.4 Å². The van der Waals surface area contributed by atoms with Crippen LogP contribution in [0, 0.1) is 17.8 Å². The molecular weight excluding hydrogens is 186 g/mol. The van der Waals surface area contributed by atoms with Gasteiger partial charge < -0.3 is 5.32 Å². The molecule has 1 unspecified atom stereocenters. The summed E-state index contributed by atoms with van der Waals surface area (Å²) in [6, 6.07) is 0. The van der Waals surface area contributed by atoms with Crippen LogP contribution in [0.25, 0.3) is 0 Å². The standard InChI is InChI=1S/C13H23NO/c1-10(12-8-14-9-12)13(15)11-6-4-2-3-5-7-11/h10-12,14H,2-9H2,1H3. The molecule has 2 fully saturated rings. The molecule has 1 aliphatic carbocycles. The largest absolute Gasteiger partial charge is 0.316 e. The van der Waals surface area contributed by atoms with Crippen molar-refractivity contribution in [1.29, 1.82) is 0 Å². The van der Waals surface area contributed by atoms with Crippen LogP contribution in [0.2, 0.25) is 0 Å². The first-order valence-corrected chi connectivity index (χ1v) is 6.53. The predicted molar refractivity (Wildman–Crippen MR) is 61.7 cm³/mol. The minimum Gasteiger partial charge on any atom is -0.316 e. The Morgan fingerprint density at radius 2 is 1.73 bits per heavy atom. The molecule has 2 aliphatic rings. The first kappa shape index (κ1) is 11.1. The Bertz CT molecular complexity index is 215. The van der Waals surface area contributed by atoms with Crippen molar-refractivity contribution in [3.8, 4) is 0 Å². The summed E-state index contributed by atoms with van der Waals surface area (Å²) in [6.07, 6.45) is 7.52. The van der Waals surface area contributed by atoms with Crippen LogP contribution in [0.4, 0.5) is 0 Å². The van der Waals surface area contributed by atoms with E-state index in [0.717, 1.165) is 25.9 Å². The number of Topliss-reactive ketones (excluding diaryl/α,β-unsaturated/α-hetero) is 1. The van der Waals surface area contributed by atoms with E-state index >= 15 is 0 Å². The van der Waals surface area contributed by atoms with Gasteiger partial charge in [-0.05, 0) is 31.8 Å². The zero-order valence-corrected chi connectivity index (χ0v) is 9.80. The highest BCUT2D eigenvalue weighted by Gasteiger charge is 2.32. The third-order valence-corrected chi connectivity index (χ3v) is 4.23. The van der Waals surface area contributed by atoms with E-state index in [0.29, 0.717) is 23.5 Å². The lowest BCUT2D eigenvalue weighted by atomic mass is 9.79. The molecule has 1 N–H and O–H groups in total. The van der Waals surface area contributed by atoms with Gasteiger partial charge in [-0.1, -0.05) is 32.6 Å². The van der Waals surface area contributed by atoms with Crippen molar-refractivity contribution in [3.63, 3.8) is 0 Å². The Hall–Kier alpha value is -0.370. The van der Waals surface area contributed by atoms with Crippen molar-refractivity contribution in [1.82, 2.24) is 5.32 Å². The number of nitrogens with one attached hydrogen (secondary N) is 1. The first-order chi connectivity index (χ1) is 7.29. The number of carbonyl (C=O) groups is 1. The maximum atomic E-state index is 12.3. The summed E-state index contributed by atoms with van der Waals surface area (Å²) in [5.74, 6) is 1.88. The zero-order chi connectivity index (χ0) is 10.7. The van der Waals surface area contributed by atoms with Gasteiger partial charge >= 0.3 is 0 Å². The first-order valence-electron chi connectivity index (χ1n) is 6.53. The highest BCUT2D eigenvalue weighted by Crippen LogP contribution is 2.29. The molecule has 0 aromatic carbocycles. The maximum Gasteiger partial charge on any atom is 0.139 e. The van der Waals surface area contributed by atoms with E-state index in [1.54, 1.807) is 0 Å². The second kappa shape index (κ2) is 5.11. The molecule has 1 saturated heterocycles. The topological polar surface area (TPSA) is 29.1 Å². The van der Waals surface area contributed by atoms with Crippen molar-refractivity contribution in [3.05, 3.63) is 0 Å². The summed E-state index contributed by atoms with van der Waals surface area (Å²) in [6.45, 7) is 4.25. The summed E-state index contributed by atoms with van der Waals surface area (Å²) in [7, 11) is 0. The Labute approximate surface area is 92.8 Å². The van der Waals surface area contributed by atoms with E-state index in [2.05, 4.69) is 12.2 Å². The smallest absolute Gasteiger partial charge is 0.139 e. The van der Waals surface area contributed by atoms with Crippen molar-refractivity contribution in [2.75, 3.05) is 13.1 Å². The van der Waals surface area contributed by atoms with Gasteiger partial charge in [0.05, 0.1) is 0 Å². The molecule has 1 saturated carbocycles. The van der Waals surface area contributed by atoms with E-state index < -0.39 is 0 Å². The molecule has 15 heavy (non-hydrogen) atoms. The van der Waals surface area contributed by atoms with Crippen LogP contribution in [-0.4, -0.2) is 18.9 Å². The fourth-order valence-electron chi connectivity index (χ4n) is 2.83. The van der Waals surface area contributed by atoms with Crippen LogP contribution in [0.3, 0.4) is 0 Å². The lowest BCUT2D eigenvalue weighted by Gasteiger charge is -2.33. The Kier molecular flexibility index (Phi) is 3.79. The second-order valence-corrected chi connectivity index (χ2v) is 5.30. The van der Waals surface area contributed by atoms with Crippen LogP contribution >= 0.6 is 0 Å². The quantitative estimate of drug-likeness (QED) is 0.723. The maximum absolute atomic E-state index is 12.3. The number of ketones is 1. The number of hydrogen-bond acceptors (Lipinski definition) is 2. The van der Waals surface area contributed by atoms with Gasteiger partial charge in [-0.2, -0.15) is 0 Å². The van der Waals surface area contributed by atoms with E-state index in [9.17, 15) is 4.79 Å². The molecule has 0 aromatic rings. The Balaban J connectivity index is 1.86. The number of rotatable bonds is 3. The summed E-state index contributed by atoms with van der Waals surface area (Å²) >= 11 is 0. The SMILES string of the molecule is CC(C(=O)C1CCCCCC1)C1CNC1. The zero-order valence-electron chi connectivity index (χ0n) is 9.80. The fraction of sp³-hybridized carbons (Fsp3) is 0.923. The van der Waals surface area contributed by atoms with Gasteiger partial charge in [-0.25, -0.2) is 0 Å². The van der Waals surface area contributed by atoms with Crippen molar-refractivity contribution < 1.29 is 4.79 Å². The van der Waals surface area contributed by atoms with E-state index in [1.165, 1.54) is 25.7 Å². The number of carbonyl (C=O) groups excluding carboxylic acids is 1. The van der Waals surface area contributed by atoms with Gasteiger partial charge in [-0.15, -0.1) is 0 Å². The monoisotopic (exact) mass is 209 g/mol. The van der Waals surface area contributed by atoms with Crippen LogP contribution in [0.15, 0.2) is 0 Å². The summed E-state index contributed by atoms with van der Waals surface area (Å²) < 4.78 is 0. The normalized spacial score (nSPS) is 26.7. The Morgan fingerprint density at radius 1 is 1.13 bits per heavy atom. The third-order valence-electron chi connectivity index (χ3n) is 4.23. The predicted octanol–water partition coefficient (Wildman–Crippen LogP) is 2.38. The lowest BCUT2D eigenvalue weighted by Crippen LogP contribution is -2.48. The van der Waals surface area contributed by atoms with Gasteiger partial charge in [0.25, 0.3) is 0 Å². The minimum absolute atomic E-state index is 0.300. The fourth-order valence-corrected chi connectivity index (χ4v) is 2.83. The third kappa shape index (κ3) is 2.60. The molecule has 1 atom stereocenters. The van der Waals surface area contributed by atoms with Gasteiger partial charge in [0.1, 0.15) is 5.78 Å². The van der Waals surface area contributed by atoms with Crippen molar-refractivity contribution in [2.24, 2.45) is 17.8 Å². The van der Waals surface area contributed by atoms with Crippen LogP contribution in [0.1, 0.15) is 45.4 Å². The highest BCUT2D eigenvalue weighted by molar-refractivity contribution is 5.83. The average Bonchev–Trinajstić information content (AvgIpc) is 2.41. The number of hydrogen-bond donors (Lipinski definition) is 1. The molecule has 0 amide bonds. The molecule has 0 spiro atoms. The molecule has 0 aromatic heterocycles. The molecule has 86 valence electrons. The molecule has 1 aliphatic heterocycles.